The van der Waals surface area contributed by atoms with E-state index in [0.29, 0.717) is 18.8 Å². The molecule has 1 saturated heterocycles. The van der Waals surface area contributed by atoms with E-state index in [0.717, 1.165) is 45.4 Å². The molecule has 5 heteroatoms. The lowest BCUT2D eigenvalue weighted by atomic mass is 10.0. The van der Waals surface area contributed by atoms with Crippen LogP contribution in [0.25, 0.3) is 0 Å². The number of hydrogen-bond donors (Lipinski definition) is 1. The number of nitrogens with one attached hydrogen (secondary N) is 1. The van der Waals surface area contributed by atoms with Gasteiger partial charge in [-0.3, -0.25) is 9.59 Å². The van der Waals surface area contributed by atoms with Crippen LogP contribution in [-0.4, -0.2) is 60.9 Å². The summed E-state index contributed by atoms with van der Waals surface area (Å²) in [4.78, 5) is 29.4. The van der Waals surface area contributed by atoms with Gasteiger partial charge in [0.05, 0.1) is 0 Å². The monoisotopic (exact) mass is 373 g/mol. The molecule has 0 saturated carbocycles. The van der Waals surface area contributed by atoms with Gasteiger partial charge in [0.1, 0.15) is 6.04 Å². The number of piperazine rings is 1. The maximum atomic E-state index is 12.9. The molecule has 0 spiro atoms. The minimum Gasteiger partial charge on any atom is -0.344 e. The van der Waals surface area contributed by atoms with E-state index in [4.69, 9.17) is 0 Å². The fourth-order valence-electron chi connectivity index (χ4n) is 3.47. The third-order valence-corrected chi connectivity index (χ3v) is 5.12. The van der Waals surface area contributed by atoms with Crippen molar-refractivity contribution >= 4 is 11.8 Å². The van der Waals surface area contributed by atoms with Gasteiger partial charge in [-0.25, -0.2) is 0 Å². The van der Waals surface area contributed by atoms with Crippen LogP contribution in [0.3, 0.4) is 0 Å². The number of nitrogens with zero attached hydrogens (tertiary/aromatic N) is 2. The minimum absolute atomic E-state index is 0.00353. The molecule has 150 valence electrons. The van der Waals surface area contributed by atoms with Crippen LogP contribution >= 0.6 is 0 Å². The molecule has 0 aliphatic carbocycles. The third-order valence-electron chi connectivity index (χ3n) is 5.12. The van der Waals surface area contributed by atoms with Crippen molar-refractivity contribution in [1.29, 1.82) is 0 Å². The predicted molar refractivity (Wildman–Crippen MR) is 109 cm³/mol. The summed E-state index contributed by atoms with van der Waals surface area (Å²) < 4.78 is 0. The lowest BCUT2D eigenvalue weighted by molar-refractivity contribution is -0.138. The Kier molecular flexibility index (Phi) is 8.79. The molecule has 1 N–H and O–H groups in total. The summed E-state index contributed by atoms with van der Waals surface area (Å²) >= 11 is 0. The van der Waals surface area contributed by atoms with Gasteiger partial charge in [0.15, 0.2) is 0 Å². The van der Waals surface area contributed by atoms with Crippen LogP contribution in [0.1, 0.15) is 45.1 Å². The maximum absolute atomic E-state index is 12.9. The summed E-state index contributed by atoms with van der Waals surface area (Å²) in [5, 5.41) is 3.01. The zero-order chi connectivity index (χ0) is 19.6. The number of benzene rings is 1. The normalized spacial score (nSPS) is 16.4. The van der Waals surface area contributed by atoms with Crippen LogP contribution in [0.15, 0.2) is 30.3 Å². The summed E-state index contributed by atoms with van der Waals surface area (Å²) in [6.45, 7) is 7.47. The number of aryl methyl sites for hydroxylation is 1. The highest BCUT2D eigenvalue weighted by atomic mass is 16.2. The van der Waals surface area contributed by atoms with E-state index in [1.807, 2.05) is 23.1 Å². The first-order valence-corrected chi connectivity index (χ1v) is 10.3. The molecule has 0 radical (unpaired) electrons. The Bertz CT molecular complexity index is 580. The van der Waals surface area contributed by atoms with Crippen molar-refractivity contribution in [2.45, 2.75) is 52.0 Å². The van der Waals surface area contributed by atoms with Crippen LogP contribution in [0, 0.1) is 5.92 Å². The molecule has 0 unspecified atom stereocenters. The predicted octanol–water partition coefficient (Wildman–Crippen LogP) is 2.70. The summed E-state index contributed by atoms with van der Waals surface area (Å²) in [6.07, 6.45) is 4.00. The molecule has 27 heavy (non-hydrogen) atoms. The highest BCUT2D eigenvalue weighted by molar-refractivity contribution is 5.87. The first-order chi connectivity index (χ1) is 13.0. The molecule has 1 aromatic carbocycles. The molecular formula is C22H35N3O2. The molecule has 0 aromatic heterocycles. The molecule has 1 fully saturated rings. The van der Waals surface area contributed by atoms with Gasteiger partial charge in [-0.2, -0.15) is 0 Å². The molecule has 2 rings (SSSR count). The van der Waals surface area contributed by atoms with Gasteiger partial charge in [-0.05, 0) is 44.2 Å². The summed E-state index contributed by atoms with van der Waals surface area (Å²) in [5.74, 6) is 0.440. The second-order valence-electron chi connectivity index (χ2n) is 8.07. The molecule has 1 aromatic rings. The molecule has 1 aliphatic heterocycles. The SMILES string of the molecule is CC(C)C[C@@H](NC(=O)CCCCc1ccccc1)C(=O)N1CCN(C)CC1. The van der Waals surface area contributed by atoms with E-state index in [1.165, 1.54) is 5.56 Å². The van der Waals surface area contributed by atoms with Gasteiger partial charge in [-0.1, -0.05) is 44.2 Å². The van der Waals surface area contributed by atoms with Crippen molar-refractivity contribution in [3.8, 4) is 0 Å². The molecule has 1 aliphatic rings. The maximum Gasteiger partial charge on any atom is 0.245 e. The standard InChI is InChI=1S/C22H35N3O2/c1-18(2)17-20(22(27)25-15-13-24(3)14-16-25)23-21(26)12-8-7-11-19-9-5-4-6-10-19/h4-6,9-10,18,20H,7-8,11-17H2,1-3H3,(H,23,26)/t20-/m1/s1. The van der Waals surface area contributed by atoms with E-state index in [9.17, 15) is 9.59 Å². The second kappa shape index (κ2) is 11.1. The lowest BCUT2D eigenvalue weighted by Gasteiger charge is -2.35. The van der Waals surface area contributed by atoms with Gasteiger partial charge < -0.3 is 15.1 Å². The number of likely N-dealkylation sites (N-methyl/N-ethyl adjacent to an activating group) is 1. The third kappa shape index (κ3) is 7.71. The quantitative estimate of drug-likeness (QED) is 0.677. The first kappa shape index (κ1) is 21.4. The van der Waals surface area contributed by atoms with E-state index in [2.05, 4.69) is 43.2 Å². The molecule has 2 amide bonds. The van der Waals surface area contributed by atoms with E-state index in [-0.39, 0.29) is 11.8 Å². The first-order valence-electron chi connectivity index (χ1n) is 10.3. The van der Waals surface area contributed by atoms with Crippen LogP contribution < -0.4 is 5.32 Å². The average Bonchev–Trinajstić information content (AvgIpc) is 2.65. The summed E-state index contributed by atoms with van der Waals surface area (Å²) in [5.41, 5.74) is 1.31. The van der Waals surface area contributed by atoms with E-state index >= 15 is 0 Å². The Morgan fingerprint density at radius 3 is 2.33 bits per heavy atom. The smallest absolute Gasteiger partial charge is 0.245 e. The number of carbonyl (C=O) groups excluding carboxylic acids is 2. The van der Waals surface area contributed by atoms with Gasteiger partial charge in [0.25, 0.3) is 0 Å². The number of unbranched alkanes of at least 4 members (excludes halogenated alkanes) is 1. The number of amides is 2. The Hall–Kier alpha value is -1.88. The fraction of sp³-hybridized carbons (Fsp3) is 0.636. The average molecular weight is 374 g/mol. The highest BCUT2D eigenvalue weighted by Crippen LogP contribution is 2.11. The topological polar surface area (TPSA) is 52.7 Å². The van der Waals surface area contributed by atoms with Crippen molar-refractivity contribution in [3.05, 3.63) is 35.9 Å². The fourth-order valence-corrected chi connectivity index (χ4v) is 3.47. The molecule has 0 bridgehead atoms. The highest BCUT2D eigenvalue weighted by Gasteiger charge is 2.28. The van der Waals surface area contributed by atoms with Crippen LogP contribution in [0.5, 0.6) is 0 Å². The molecule has 1 atom stereocenters. The Morgan fingerprint density at radius 1 is 1.04 bits per heavy atom. The van der Waals surface area contributed by atoms with Gasteiger partial charge in [-0.15, -0.1) is 0 Å². The van der Waals surface area contributed by atoms with Crippen LogP contribution in [0.2, 0.25) is 0 Å². The summed E-state index contributed by atoms with van der Waals surface area (Å²) in [7, 11) is 2.07. The Morgan fingerprint density at radius 2 is 1.70 bits per heavy atom. The molecule has 1 heterocycles. The van der Waals surface area contributed by atoms with Crippen LogP contribution in [-0.2, 0) is 16.0 Å². The van der Waals surface area contributed by atoms with E-state index < -0.39 is 6.04 Å². The molecular weight excluding hydrogens is 338 g/mol. The van der Waals surface area contributed by atoms with Crippen molar-refractivity contribution in [1.82, 2.24) is 15.1 Å². The van der Waals surface area contributed by atoms with Crippen LogP contribution in [0.4, 0.5) is 0 Å². The number of carbonyl (C=O) groups is 2. The van der Waals surface area contributed by atoms with Crippen molar-refractivity contribution in [3.63, 3.8) is 0 Å². The zero-order valence-corrected chi connectivity index (χ0v) is 17.1. The molecule has 5 nitrogen and oxygen atoms in total. The second-order valence-corrected chi connectivity index (χ2v) is 8.07. The zero-order valence-electron chi connectivity index (χ0n) is 17.1. The van der Waals surface area contributed by atoms with Crippen molar-refractivity contribution in [2.24, 2.45) is 5.92 Å². The van der Waals surface area contributed by atoms with E-state index in [1.54, 1.807) is 0 Å². The lowest BCUT2D eigenvalue weighted by Crippen LogP contribution is -2.54. The Balaban J connectivity index is 1.78. The Labute approximate surface area is 164 Å². The van der Waals surface area contributed by atoms with Gasteiger partial charge in [0.2, 0.25) is 11.8 Å². The largest absolute Gasteiger partial charge is 0.344 e. The number of rotatable bonds is 9. The van der Waals surface area contributed by atoms with Gasteiger partial charge >= 0.3 is 0 Å². The number of hydrogen-bond acceptors (Lipinski definition) is 3. The van der Waals surface area contributed by atoms with Crippen molar-refractivity contribution in [2.75, 3.05) is 33.2 Å². The minimum atomic E-state index is -0.393. The van der Waals surface area contributed by atoms with Gasteiger partial charge in [0, 0.05) is 32.6 Å². The summed E-state index contributed by atoms with van der Waals surface area (Å²) in [6, 6.07) is 9.95. The van der Waals surface area contributed by atoms with Crippen molar-refractivity contribution < 1.29 is 9.59 Å².